The Morgan fingerprint density at radius 1 is 1.35 bits per heavy atom. The molecule has 0 atom stereocenters. The van der Waals surface area contributed by atoms with Crippen molar-refractivity contribution in [3.05, 3.63) is 29.8 Å². The quantitative estimate of drug-likeness (QED) is 0.843. The van der Waals surface area contributed by atoms with E-state index >= 15 is 0 Å². The third-order valence-corrected chi connectivity index (χ3v) is 5.02. The van der Waals surface area contributed by atoms with E-state index in [4.69, 9.17) is 10.4 Å². The first-order valence-corrected chi connectivity index (χ1v) is 7.61. The van der Waals surface area contributed by atoms with E-state index in [1.54, 1.807) is 12.1 Å². The smallest absolute Gasteiger partial charge is 0.324 e. The summed E-state index contributed by atoms with van der Waals surface area (Å²) in [6.07, 6.45) is 1.49. The molecule has 1 saturated carbocycles. The van der Waals surface area contributed by atoms with Gasteiger partial charge in [0.2, 0.25) is 10.0 Å². The molecule has 1 aromatic carbocycles. The first-order chi connectivity index (χ1) is 9.39. The predicted octanol–water partition coefficient (Wildman–Crippen LogP) is 1.04. The predicted molar refractivity (Wildman–Crippen MR) is 70.3 cm³/mol. The molecule has 7 heteroatoms. The minimum Gasteiger partial charge on any atom is -0.480 e. The van der Waals surface area contributed by atoms with Gasteiger partial charge >= 0.3 is 5.97 Å². The van der Waals surface area contributed by atoms with Gasteiger partial charge in [0.1, 0.15) is 5.54 Å². The summed E-state index contributed by atoms with van der Waals surface area (Å²) in [5, 5.41) is 17.7. The molecule has 106 valence electrons. The first-order valence-electron chi connectivity index (χ1n) is 6.13. The fraction of sp³-hybridized carbons (Fsp3) is 0.385. The van der Waals surface area contributed by atoms with E-state index in [0.717, 1.165) is 0 Å². The molecule has 1 aromatic rings. The van der Waals surface area contributed by atoms with Crippen molar-refractivity contribution < 1.29 is 18.3 Å². The number of sulfonamides is 1. The monoisotopic (exact) mass is 294 g/mol. The molecule has 0 aromatic heterocycles. The third kappa shape index (κ3) is 2.66. The molecule has 0 bridgehead atoms. The van der Waals surface area contributed by atoms with Crippen LogP contribution in [0.1, 0.15) is 24.8 Å². The minimum absolute atomic E-state index is 0.00622. The van der Waals surface area contributed by atoms with Gasteiger partial charge in [0, 0.05) is 0 Å². The molecule has 2 rings (SSSR count). The van der Waals surface area contributed by atoms with Gasteiger partial charge in [0.25, 0.3) is 0 Å². The summed E-state index contributed by atoms with van der Waals surface area (Å²) in [5.41, 5.74) is -0.660. The van der Waals surface area contributed by atoms with Crippen LogP contribution >= 0.6 is 0 Å². The van der Waals surface area contributed by atoms with Crippen LogP contribution in [0.5, 0.6) is 0 Å². The Kier molecular flexibility index (Phi) is 3.79. The summed E-state index contributed by atoms with van der Waals surface area (Å²) in [5.74, 6) is -1.14. The number of carboxylic acids is 1. The lowest BCUT2D eigenvalue weighted by Crippen LogP contribution is -2.58. The van der Waals surface area contributed by atoms with Gasteiger partial charge in [-0.2, -0.15) is 9.98 Å². The number of nitrogens with one attached hydrogen (secondary N) is 1. The van der Waals surface area contributed by atoms with Gasteiger partial charge in [-0.15, -0.1) is 0 Å². The number of nitriles is 1. The highest BCUT2D eigenvalue weighted by Gasteiger charge is 2.47. The van der Waals surface area contributed by atoms with Gasteiger partial charge in [0.15, 0.2) is 0 Å². The van der Waals surface area contributed by atoms with Crippen LogP contribution < -0.4 is 4.72 Å². The zero-order valence-corrected chi connectivity index (χ0v) is 11.5. The minimum atomic E-state index is -3.87. The number of carboxylic acid groups (broad SMARTS) is 1. The Balaban J connectivity index is 2.22. The molecular formula is C13H14N2O4S. The normalized spacial score (nSPS) is 16.9. The highest BCUT2D eigenvalue weighted by molar-refractivity contribution is 7.89. The van der Waals surface area contributed by atoms with Crippen molar-refractivity contribution in [1.82, 2.24) is 4.72 Å². The molecule has 0 aliphatic heterocycles. The third-order valence-electron chi connectivity index (χ3n) is 3.46. The Morgan fingerprint density at radius 3 is 2.35 bits per heavy atom. The Bertz CT molecular complexity index is 655. The van der Waals surface area contributed by atoms with Crippen LogP contribution in [0.25, 0.3) is 0 Å². The zero-order chi connectivity index (χ0) is 14.8. The van der Waals surface area contributed by atoms with E-state index in [1.165, 1.54) is 12.1 Å². The molecule has 0 radical (unpaired) electrons. The molecule has 0 heterocycles. The second-order valence-electron chi connectivity index (χ2n) is 4.83. The lowest BCUT2D eigenvalue weighted by molar-refractivity contribution is -0.147. The molecule has 0 saturated heterocycles. The number of carbonyl (C=O) groups is 1. The number of nitrogens with zero attached hydrogens (tertiary/aromatic N) is 1. The van der Waals surface area contributed by atoms with Gasteiger partial charge in [-0.1, -0.05) is 12.1 Å². The number of rotatable bonds is 5. The fourth-order valence-corrected chi connectivity index (χ4v) is 3.50. The van der Waals surface area contributed by atoms with E-state index < -0.39 is 21.5 Å². The largest absolute Gasteiger partial charge is 0.480 e. The Morgan fingerprint density at radius 2 is 1.95 bits per heavy atom. The maximum Gasteiger partial charge on any atom is 0.324 e. The SMILES string of the molecule is N#CCc1ccc(S(=O)(=O)NC2(C(=O)O)CCC2)cc1. The molecule has 1 aliphatic rings. The molecule has 6 nitrogen and oxygen atoms in total. The highest BCUT2D eigenvalue weighted by atomic mass is 32.2. The molecule has 0 spiro atoms. The van der Waals surface area contributed by atoms with Crippen LogP contribution in [0, 0.1) is 11.3 Å². The van der Waals surface area contributed by atoms with E-state index in [-0.39, 0.29) is 11.3 Å². The second-order valence-corrected chi connectivity index (χ2v) is 6.51. The van der Waals surface area contributed by atoms with Crippen molar-refractivity contribution in [3.63, 3.8) is 0 Å². The van der Waals surface area contributed by atoms with Gasteiger partial charge in [-0.05, 0) is 37.0 Å². The van der Waals surface area contributed by atoms with Crippen molar-refractivity contribution in [1.29, 1.82) is 5.26 Å². The molecule has 1 fully saturated rings. The molecular weight excluding hydrogens is 280 g/mol. The summed E-state index contributed by atoms with van der Waals surface area (Å²) in [6.45, 7) is 0. The number of aliphatic carboxylic acids is 1. The van der Waals surface area contributed by atoms with Crippen molar-refractivity contribution in [3.8, 4) is 6.07 Å². The average molecular weight is 294 g/mol. The Hall–Kier alpha value is -1.91. The van der Waals surface area contributed by atoms with Crippen LogP contribution in [0.4, 0.5) is 0 Å². The summed E-state index contributed by atoms with van der Waals surface area (Å²) < 4.78 is 26.6. The summed E-state index contributed by atoms with van der Waals surface area (Å²) >= 11 is 0. The van der Waals surface area contributed by atoms with E-state index in [0.29, 0.717) is 24.8 Å². The molecule has 0 unspecified atom stereocenters. The fourth-order valence-electron chi connectivity index (χ4n) is 2.08. The lowest BCUT2D eigenvalue weighted by Gasteiger charge is -2.37. The van der Waals surface area contributed by atoms with Crippen molar-refractivity contribution in [2.45, 2.75) is 36.1 Å². The summed E-state index contributed by atoms with van der Waals surface area (Å²) in [6, 6.07) is 7.82. The number of benzene rings is 1. The van der Waals surface area contributed by atoms with Crippen LogP contribution in [0.3, 0.4) is 0 Å². The summed E-state index contributed by atoms with van der Waals surface area (Å²) in [7, 11) is -3.87. The maximum atomic E-state index is 12.2. The standard InChI is InChI=1S/C13H14N2O4S/c14-9-6-10-2-4-11(5-3-10)20(18,19)15-13(12(16)17)7-1-8-13/h2-5,15H,1,6-8H2,(H,16,17). The van der Waals surface area contributed by atoms with Crippen molar-refractivity contribution in [2.75, 3.05) is 0 Å². The van der Waals surface area contributed by atoms with Crippen molar-refractivity contribution >= 4 is 16.0 Å². The first kappa shape index (κ1) is 14.5. The topological polar surface area (TPSA) is 107 Å². The molecule has 1 aliphatic carbocycles. The van der Waals surface area contributed by atoms with Gasteiger partial charge in [-0.25, -0.2) is 8.42 Å². The molecule has 20 heavy (non-hydrogen) atoms. The average Bonchev–Trinajstić information content (AvgIpc) is 2.34. The van der Waals surface area contributed by atoms with Gasteiger partial charge in [0.05, 0.1) is 17.4 Å². The Labute approximate surface area is 117 Å². The summed E-state index contributed by atoms with van der Waals surface area (Å²) in [4.78, 5) is 11.2. The number of hydrogen-bond acceptors (Lipinski definition) is 4. The van der Waals surface area contributed by atoms with E-state index in [9.17, 15) is 13.2 Å². The highest BCUT2D eigenvalue weighted by Crippen LogP contribution is 2.33. The van der Waals surface area contributed by atoms with Crippen LogP contribution in [-0.4, -0.2) is 25.0 Å². The van der Waals surface area contributed by atoms with Gasteiger partial charge < -0.3 is 5.11 Å². The lowest BCUT2D eigenvalue weighted by atomic mass is 9.78. The van der Waals surface area contributed by atoms with Gasteiger partial charge in [-0.3, -0.25) is 4.79 Å². The van der Waals surface area contributed by atoms with Crippen LogP contribution in [0.2, 0.25) is 0 Å². The second kappa shape index (κ2) is 5.23. The zero-order valence-electron chi connectivity index (χ0n) is 10.7. The maximum absolute atomic E-state index is 12.2. The van der Waals surface area contributed by atoms with E-state index in [2.05, 4.69) is 4.72 Å². The van der Waals surface area contributed by atoms with Crippen LogP contribution in [0.15, 0.2) is 29.2 Å². The van der Waals surface area contributed by atoms with Crippen molar-refractivity contribution in [2.24, 2.45) is 0 Å². The molecule has 0 amide bonds. The molecule has 2 N–H and O–H groups in total. The number of hydrogen-bond donors (Lipinski definition) is 2. The van der Waals surface area contributed by atoms with Crippen LogP contribution in [-0.2, 0) is 21.2 Å². The van der Waals surface area contributed by atoms with E-state index in [1.807, 2.05) is 6.07 Å².